The molecule has 0 amide bonds. The topological polar surface area (TPSA) is 9.23 Å². The number of methoxy groups -OCH3 is 1. The molecule has 13 heavy (non-hydrogen) atoms. The van der Waals surface area contributed by atoms with Crippen molar-refractivity contribution >= 4 is 7.85 Å². The average molecular weight is 174 g/mol. The Morgan fingerprint density at radius 3 is 2.31 bits per heavy atom. The van der Waals surface area contributed by atoms with Crippen LogP contribution in [0.2, 0.25) is 6.32 Å². The van der Waals surface area contributed by atoms with E-state index >= 15 is 0 Å². The van der Waals surface area contributed by atoms with E-state index in [0.717, 1.165) is 5.75 Å². The van der Waals surface area contributed by atoms with Crippen LogP contribution in [0.5, 0.6) is 5.75 Å². The summed E-state index contributed by atoms with van der Waals surface area (Å²) < 4.78 is 5.14. The smallest absolute Gasteiger partial charge is 0.118 e. The van der Waals surface area contributed by atoms with E-state index in [1.807, 2.05) is 0 Å². The molecule has 1 aromatic carbocycles. The van der Waals surface area contributed by atoms with Gasteiger partial charge in [0.05, 0.1) is 7.11 Å². The Hall–Kier alpha value is -0.915. The van der Waals surface area contributed by atoms with Crippen molar-refractivity contribution in [2.45, 2.75) is 24.6 Å². The van der Waals surface area contributed by atoms with Crippen molar-refractivity contribution in [3.05, 3.63) is 29.8 Å². The van der Waals surface area contributed by atoms with E-state index in [2.05, 4.69) is 32.1 Å². The maximum atomic E-state index is 5.14. The molecule has 0 unspecified atom stereocenters. The largest absolute Gasteiger partial charge is 0.497 e. The van der Waals surface area contributed by atoms with Crippen LogP contribution in [0.25, 0.3) is 0 Å². The SMILES string of the molecule is BCC1(c2ccc(OC)cc2)CC1. The van der Waals surface area contributed by atoms with E-state index in [4.69, 9.17) is 4.74 Å². The zero-order chi connectivity index (χ0) is 9.31. The standard InChI is InChI=1S/C11H15BO/c1-13-10-4-2-9(3-5-10)11(8-12)6-7-11/h2-5H,6-8,12H2,1H3. The molecule has 1 aromatic rings. The second-order valence-corrected chi connectivity index (χ2v) is 3.86. The highest BCUT2D eigenvalue weighted by molar-refractivity contribution is 6.09. The number of benzene rings is 1. The number of rotatable bonds is 3. The molecule has 0 aliphatic heterocycles. The van der Waals surface area contributed by atoms with E-state index in [0.29, 0.717) is 5.41 Å². The summed E-state index contributed by atoms with van der Waals surface area (Å²) in [4.78, 5) is 0. The van der Waals surface area contributed by atoms with Gasteiger partial charge < -0.3 is 4.74 Å². The van der Waals surface area contributed by atoms with Crippen LogP contribution in [0.4, 0.5) is 0 Å². The van der Waals surface area contributed by atoms with Gasteiger partial charge in [0.15, 0.2) is 0 Å². The summed E-state index contributed by atoms with van der Waals surface area (Å²) in [5.41, 5.74) is 2.00. The van der Waals surface area contributed by atoms with Gasteiger partial charge in [0.25, 0.3) is 0 Å². The molecule has 0 heterocycles. The minimum absolute atomic E-state index is 0.520. The quantitative estimate of drug-likeness (QED) is 0.634. The van der Waals surface area contributed by atoms with Gasteiger partial charge in [-0.3, -0.25) is 0 Å². The molecule has 1 nitrogen and oxygen atoms in total. The Kier molecular flexibility index (Phi) is 2.07. The van der Waals surface area contributed by atoms with Crippen LogP contribution in [0.3, 0.4) is 0 Å². The van der Waals surface area contributed by atoms with Gasteiger partial charge in [0.2, 0.25) is 0 Å². The van der Waals surface area contributed by atoms with Gasteiger partial charge in [-0.15, -0.1) is 0 Å². The molecule has 1 aliphatic carbocycles. The normalized spacial score (nSPS) is 18.2. The van der Waals surface area contributed by atoms with Gasteiger partial charge in [-0.05, 0) is 36.0 Å². The third-order valence-corrected chi connectivity index (χ3v) is 3.23. The van der Waals surface area contributed by atoms with Crippen molar-refractivity contribution in [2.75, 3.05) is 7.11 Å². The molecule has 0 saturated heterocycles. The van der Waals surface area contributed by atoms with Crippen molar-refractivity contribution in [3.63, 3.8) is 0 Å². The summed E-state index contributed by atoms with van der Waals surface area (Å²) in [7, 11) is 3.99. The van der Waals surface area contributed by atoms with Gasteiger partial charge in [-0.2, -0.15) is 0 Å². The molecular weight excluding hydrogens is 159 g/mol. The average Bonchev–Trinajstić information content (AvgIpc) is 2.99. The molecule has 0 radical (unpaired) electrons. The Labute approximate surface area is 80.5 Å². The van der Waals surface area contributed by atoms with E-state index in [-0.39, 0.29) is 0 Å². The summed E-state index contributed by atoms with van der Waals surface area (Å²) in [6.07, 6.45) is 3.98. The van der Waals surface area contributed by atoms with Crippen molar-refractivity contribution < 1.29 is 4.74 Å². The van der Waals surface area contributed by atoms with E-state index in [1.54, 1.807) is 7.11 Å². The Bertz CT molecular complexity index is 287. The predicted octanol–water partition coefficient (Wildman–Crippen LogP) is 1.78. The third-order valence-electron chi connectivity index (χ3n) is 3.23. The minimum Gasteiger partial charge on any atom is -0.497 e. The van der Waals surface area contributed by atoms with Gasteiger partial charge in [-0.1, -0.05) is 18.5 Å². The van der Waals surface area contributed by atoms with E-state index in [9.17, 15) is 0 Å². The zero-order valence-electron chi connectivity index (χ0n) is 8.34. The maximum absolute atomic E-state index is 5.14. The summed E-state index contributed by atoms with van der Waals surface area (Å²) in [5.74, 6) is 0.954. The first-order chi connectivity index (χ1) is 6.30. The molecule has 0 bridgehead atoms. The molecule has 1 fully saturated rings. The van der Waals surface area contributed by atoms with Crippen molar-refractivity contribution in [3.8, 4) is 5.75 Å². The Balaban J connectivity index is 2.23. The van der Waals surface area contributed by atoms with Crippen LogP contribution >= 0.6 is 0 Å². The first kappa shape index (κ1) is 8.67. The number of hydrogen-bond acceptors (Lipinski definition) is 1. The molecule has 1 saturated carbocycles. The second kappa shape index (κ2) is 3.10. The lowest BCUT2D eigenvalue weighted by atomic mass is 9.83. The molecule has 2 heteroatoms. The molecule has 2 rings (SSSR count). The lowest BCUT2D eigenvalue weighted by Gasteiger charge is -2.12. The Morgan fingerprint density at radius 2 is 1.92 bits per heavy atom. The van der Waals surface area contributed by atoms with Crippen LogP contribution in [0.15, 0.2) is 24.3 Å². The lowest BCUT2D eigenvalue weighted by molar-refractivity contribution is 0.414. The Morgan fingerprint density at radius 1 is 1.31 bits per heavy atom. The van der Waals surface area contributed by atoms with E-state index in [1.165, 1.54) is 24.7 Å². The molecule has 68 valence electrons. The third kappa shape index (κ3) is 1.45. The molecular formula is C11H15BO. The van der Waals surface area contributed by atoms with Crippen molar-refractivity contribution in [1.82, 2.24) is 0 Å². The molecule has 0 N–H and O–H groups in total. The van der Waals surface area contributed by atoms with Crippen LogP contribution in [-0.2, 0) is 5.41 Å². The van der Waals surface area contributed by atoms with Crippen LogP contribution in [-0.4, -0.2) is 15.0 Å². The monoisotopic (exact) mass is 174 g/mol. The molecule has 0 spiro atoms. The van der Waals surface area contributed by atoms with Gasteiger partial charge in [-0.25, -0.2) is 0 Å². The molecule has 0 atom stereocenters. The highest BCUT2D eigenvalue weighted by Gasteiger charge is 2.41. The number of hydrogen-bond donors (Lipinski definition) is 0. The first-order valence-electron chi connectivity index (χ1n) is 4.95. The van der Waals surface area contributed by atoms with Crippen molar-refractivity contribution in [1.29, 1.82) is 0 Å². The van der Waals surface area contributed by atoms with Crippen molar-refractivity contribution in [2.24, 2.45) is 0 Å². The molecule has 0 aromatic heterocycles. The van der Waals surface area contributed by atoms with Crippen LogP contribution < -0.4 is 4.74 Å². The van der Waals surface area contributed by atoms with Crippen LogP contribution in [0, 0.1) is 0 Å². The lowest BCUT2D eigenvalue weighted by Crippen LogP contribution is -2.04. The van der Waals surface area contributed by atoms with Crippen LogP contribution in [0.1, 0.15) is 18.4 Å². The zero-order valence-corrected chi connectivity index (χ0v) is 8.34. The first-order valence-corrected chi connectivity index (χ1v) is 4.95. The second-order valence-electron chi connectivity index (χ2n) is 3.86. The van der Waals surface area contributed by atoms with Gasteiger partial charge >= 0.3 is 0 Å². The maximum Gasteiger partial charge on any atom is 0.118 e. The fourth-order valence-electron chi connectivity index (χ4n) is 1.94. The minimum atomic E-state index is 0.520. The summed E-state index contributed by atoms with van der Waals surface area (Å²) in [6.45, 7) is 0. The van der Waals surface area contributed by atoms with Gasteiger partial charge in [0.1, 0.15) is 13.6 Å². The summed E-state index contributed by atoms with van der Waals surface area (Å²) >= 11 is 0. The summed E-state index contributed by atoms with van der Waals surface area (Å²) in [6, 6.07) is 8.53. The highest BCUT2D eigenvalue weighted by Crippen LogP contribution is 2.50. The van der Waals surface area contributed by atoms with Gasteiger partial charge in [0, 0.05) is 0 Å². The number of ether oxygens (including phenoxy) is 1. The fourth-order valence-corrected chi connectivity index (χ4v) is 1.94. The predicted molar refractivity (Wildman–Crippen MR) is 57.3 cm³/mol. The highest BCUT2D eigenvalue weighted by atomic mass is 16.5. The molecule has 1 aliphatic rings. The van der Waals surface area contributed by atoms with E-state index < -0.39 is 0 Å². The fraction of sp³-hybridized carbons (Fsp3) is 0.455. The summed E-state index contributed by atoms with van der Waals surface area (Å²) in [5, 5.41) is 0.